The number of rotatable bonds is 5. The maximum absolute atomic E-state index is 13.9. The fourth-order valence-electron chi connectivity index (χ4n) is 2.08. The normalized spacial score (nSPS) is 10.4. The highest BCUT2D eigenvalue weighted by Crippen LogP contribution is 2.27. The van der Waals surface area contributed by atoms with Crippen molar-refractivity contribution in [3.05, 3.63) is 59.2 Å². The summed E-state index contributed by atoms with van der Waals surface area (Å²) in [6.07, 6.45) is 1.68. The van der Waals surface area contributed by atoms with Gasteiger partial charge in [0.25, 0.3) is 0 Å². The molecular weight excluding hydrogens is 276 g/mol. The predicted octanol–water partition coefficient (Wildman–Crippen LogP) is 4.36. The minimum atomic E-state index is -1.37. The van der Waals surface area contributed by atoms with E-state index in [4.69, 9.17) is 5.11 Å². The molecule has 2 aromatic rings. The Morgan fingerprint density at radius 2 is 1.81 bits per heavy atom. The van der Waals surface area contributed by atoms with Crippen LogP contribution in [0.15, 0.2) is 36.4 Å². The molecular formula is C16H15F2NO2. The zero-order valence-corrected chi connectivity index (χ0v) is 11.5. The molecule has 0 saturated carbocycles. The van der Waals surface area contributed by atoms with E-state index in [1.54, 1.807) is 12.1 Å². The lowest BCUT2D eigenvalue weighted by Crippen LogP contribution is -2.04. The van der Waals surface area contributed by atoms with Gasteiger partial charge >= 0.3 is 5.97 Å². The quantitative estimate of drug-likeness (QED) is 0.860. The second-order valence-electron chi connectivity index (χ2n) is 4.65. The molecule has 0 radical (unpaired) electrons. The molecule has 2 aromatic carbocycles. The van der Waals surface area contributed by atoms with Crippen molar-refractivity contribution in [3.8, 4) is 0 Å². The monoisotopic (exact) mass is 291 g/mol. The summed E-state index contributed by atoms with van der Waals surface area (Å²) in [5.74, 6) is -3.23. The molecule has 0 aromatic heterocycles. The molecule has 0 saturated heterocycles. The van der Waals surface area contributed by atoms with Gasteiger partial charge in [0.05, 0.1) is 5.56 Å². The third kappa shape index (κ3) is 3.37. The number of halogens is 2. The van der Waals surface area contributed by atoms with Gasteiger partial charge in [0.1, 0.15) is 5.69 Å². The molecule has 2 rings (SSSR count). The van der Waals surface area contributed by atoms with Gasteiger partial charge in [-0.1, -0.05) is 31.5 Å². The van der Waals surface area contributed by atoms with Crippen LogP contribution in [-0.2, 0) is 6.42 Å². The average Bonchev–Trinajstić information content (AvgIpc) is 2.44. The van der Waals surface area contributed by atoms with Crippen molar-refractivity contribution in [1.29, 1.82) is 0 Å². The van der Waals surface area contributed by atoms with Crippen LogP contribution >= 0.6 is 0 Å². The molecule has 0 aliphatic carbocycles. The van der Waals surface area contributed by atoms with Crippen molar-refractivity contribution < 1.29 is 18.7 Å². The molecule has 3 nitrogen and oxygen atoms in total. The first-order chi connectivity index (χ1) is 10.0. The van der Waals surface area contributed by atoms with Gasteiger partial charge in [-0.25, -0.2) is 13.6 Å². The summed E-state index contributed by atoms with van der Waals surface area (Å²) < 4.78 is 27.8. The molecule has 0 heterocycles. The number of hydrogen-bond acceptors (Lipinski definition) is 2. The first-order valence-corrected chi connectivity index (χ1v) is 6.60. The van der Waals surface area contributed by atoms with E-state index in [0.717, 1.165) is 30.5 Å². The Kier molecular flexibility index (Phi) is 4.52. The Balaban J connectivity index is 2.38. The molecule has 0 unspecified atom stereocenters. The molecule has 0 atom stereocenters. The van der Waals surface area contributed by atoms with E-state index in [2.05, 4.69) is 5.32 Å². The van der Waals surface area contributed by atoms with Crippen molar-refractivity contribution >= 4 is 17.3 Å². The van der Waals surface area contributed by atoms with Crippen LogP contribution in [0.4, 0.5) is 20.2 Å². The maximum Gasteiger partial charge on any atom is 0.335 e. The summed E-state index contributed by atoms with van der Waals surface area (Å²) in [5.41, 5.74) is 0.794. The number of carboxylic acids is 1. The van der Waals surface area contributed by atoms with Crippen molar-refractivity contribution in [3.63, 3.8) is 0 Å². The highest BCUT2D eigenvalue weighted by Gasteiger charge is 2.15. The lowest BCUT2D eigenvalue weighted by Gasteiger charge is -2.13. The largest absolute Gasteiger partial charge is 0.478 e. The van der Waals surface area contributed by atoms with Gasteiger partial charge in [-0.2, -0.15) is 0 Å². The van der Waals surface area contributed by atoms with Crippen molar-refractivity contribution in [2.45, 2.75) is 19.8 Å². The van der Waals surface area contributed by atoms with Gasteiger partial charge in [0.2, 0.25) is 0 Å². The fourth-order valence-corrected chi connectivity index (χ4v) is 2.08. The minimum Gasteiger partial charge on any atom is -0.478 e. The highest BCUT2D eigenvalue weighted by atomic mass is 19.1. The lowest BCUT2D eigenvalue weighted by molar-refractivity contribution is 0.0696. The lowest BCUT2D eigenvalue weighted by atomic mass is 10.1. The van der Waals surface area contributed by atoms with Crippen molar-refractivity contribution in [2.24, 2.45) is 0 Å². The van der Waals surface area contributed by atoms with Crippen LogP contribution in [0, 0.1) is 11.6 Å². The molecule has 21 heavy (non-hydrogen) atoms. The summed E-state index contributed by atoms with van der Waals surface area (Å²) in [7, 11) is 0. The fraction of sp³-hybridized carbons (Fsp3) is 0.188. The second-order valence-corrected chi connectivity index (χ2v) is 4.65. The summed E-state index contributed by atoms with van der Waals surface area (Å²) in [6.45, 7) is 2.01. The Hall–Kier alpha value is -2.43. The van der Waals surface area contributed by atoms with Crippen molar-refractivity contribution in [1.82, 2.24) is 0 Å². The van der Waals surface area contributed by atoms with Crippen LogP contribution < -0.4 is 5.32 Å². The van der Waals surface area contributed by atoms with Crippen LogP contribution in [0.5, 0.6) is 0 Å². The number of benzene rings is 2. The second kappa shape index (κ2) is 6.35. The minimum absolute atomic E-state index is 0.344. The van der Waals surface area contributed by atoms with Crippen LogP contribution in [0.3, 0.4) is 0 Å². The molecule has 0 aliphatic rings. The van der Waals surface area contributed by atoms with Gasteiger partial charge < -0.3 is 10.4 Å². The van der Waals surface area contributed by atoms with Gasteiger partial charge in [-0.3, -0.25) is 0 Å². The molecule has 110 valence electrons. The van der Waals surface area contributed by atoms with E-state index in [0.29, 0.717) is 5.69 Å². The summed E-state index contributed by atoms with van der Waals surface area (Å²) in [4.78, 5) is 10.8. The van der Waals surface area contributed by atoms with Crippen LogP contribution in [0.2, 0.25) is 0 Å². The smallest absolute Gasteiger partial charge is 0.335 e. The Morgan fingerprint density at radius 3 is 2.38 bits per heavy atom. The van der Waals surface area contributed by atoms with E-state index in [9.17, 15) is 13.6 Å². The van der Waals surface area contributed by atoms with E-state index < -0.39 is 23.2 Å². The number of aromatic carboxylic acids is 1. The van der Waals surface area contributed by atoms with Gasteiger partial charge in [0.15, 0.2) is 11.6 Å². The Labute approximate surface area is 121 Å². The number of aryl methyl sites for hydroxylation is 1. The summed E-state index contributed by atoms with van der Waals surface area (Å²) in [6, 6.07) is 8.84. The van der Waals surface area contributed by atoms with Gasteiger partial charge in [-0.15, -0.1) is 0 Å². The maximum atomic E-state index is 13.9. The Bertz CT molecular complexity index is 648. The molecule has 2 N–H and O–H groups in total. The first-order valence-electron chi connectivity index (χ1n) is 6.60. The van der Waals surface area contributed by atoms with Crippen LogP contribution in [0.25, 0.3) is 0 Å². The standard InChI is InChI=1S/C16H15F2NO2/c1-2-5-10-6-3-4-7-14(10)19-15-12(17)8-11(16(20)21)9-13(15)18/h3-4,6-9,19H,2,5H2,1H3,(H,20,21). The average molecular weight is 291 g/mol. The van der Waals surface area contributed by atoms with E-state index in [1.807, 2.05) is 19.1 Å². The summed E-state index contributed by atoms with van der Waals surface area (Å²) >= 11 is 0. The summed E-state index contributed by atoms with van der Waals surface area (Å²) in [5, 5.41) is 11.5. The molecule has 0 aliphatic heterocycles. The molecule has 5 heteroatoms. The highest BCUT2D eigenvalue weighted by molar-refractivity contribution is 5.88. The predicted molar refractivity (Wildman–Crippen MR) is 77.0 cm³/mol. The van der Waals surface area contributed by atoms with Gasteiger partial charge in [0, 0.05) is 5.69 Å². The zero-order valence-electron chi connectivity index (χ0n) is 11.5. The number of nitrogens with one attached hydrogen (secondary N) is 1. The van der Waals surface area contributed by atoms with E-state index >= 15 is 0 Å². The third-order valence-corrected chi connectivity index (χ3v) is 3.09. The van der Waals surface area contributed by atoms with E-state index in [1.165, 1.54) is 0 Å². The molecule has 0 bridgehead atoms. The number of carboxylic acid groups (broad SMARTS) is 1. The topological polar surface area (TPSA) is 49.3 Å². The SMILES string of the molecule is CCCc1ccccc1Nc1c(F)cc(C(=O)O)cc1F. The molecule has 0 spiro atoms. The third-order valence-electron chi connectivity index (χ3n) is 3.09. The molecule has 0 amide bonds. The number of carbonyl (C=O) groups is 1. The number of hydrogen-bond donors (Lipinski definition) is 2. The van der Waals surface area contributed by atoms with E-state index in [-0.39, 0.29) is 5.69 Å². The van der Waals surface area contributed by atoms with Gasteiger partial charge in [-0.05, 0) is 30.2 Å². The Morgan fingerprint density at radius 1 is 1.19 bits per heavy atom. The van der Waals surface area contributed by atoms with Crippen LogP contribution in [-0.4, -0.2) is 11.1 Å². The number of para-hydroxylation sites is 1. The number of anilines is 2. The van der Waals surface area contributed by atoms with Crippen molar-refractivity contribution in [2.75, 3.05) is 5.32 Å². The van der Waals surface area contributed by atoms with Crippen LogP contribution in [0.1, 0.15) is 29.3 Å². The zero-order chi connectivity index (χ0) is 15.4. The first kappa shape index (κ1) is 15.0. The molecule has 0 fully saturated rings.